The predicted octanol–water partition coefficient (Wildman–Crippen LogP) is 3.74. The van der Waals surface area contributed by atoms with E-state index < -0.39 is 0 Å². The van der Waals surface area contributed by atoms with Gasteiger partial charge in [0.25, 0.3) is 0 Å². The summed E-state index contributed by atoms with van der Waals surface area (Å²) in [6.07, 6.45) is 8.57. The van der Waals surface area contributed by atoms with Gasteiger partial charge in [0, 0.05) is 4.83 Å². The minimum absolute atomic E-state index is 0.819. The molecule has 0 bridgehead atoms. The van der Waals surface area contributed by atoms with E-state index >= 15 is 0 Å². The molecule has 0 spiro atoms. The summed E-state index contributed by atoms with van der Waals surface area (Å²) >= 11 is 3.76. The van der Waals surface area contributed by atoms with E-state index in [1.54, 1.807) is 0 Å². The summed E-state index contributed by atoms with van der Waals surface area (Å²) in [7, 11) is 0. The molecule has 0 aromatic rings. The van der Waals surface area contributed by atoms with E-state index in [9.17, 15) is 0 Å². The van der Waals surface area contributed by atoms with Gasteiger partial charge in [-0.3, -0.25) is 0 Å². The Morgan fingerprint density at radius 3 is 2.50 bits per heavy atom. The molecule has 1 rings (SSSR count). The fourth-order valence-electron chi connectivity index (χ4n) is 1.83. The van der Waals surface area contributed by atoms with Gasteiger partial charge in [-0.2, -0.15) is 0 Å². The molecule has 0 N–H and O–H groups in total. The maximum atomic E-state index is 3.76. The normalized spacial score (nSPS) is 23.4. The Bertz CT molecular complexity index is 84.7. The maximum Gasteiger partial charge on any atom is 0.0174 e. The number of alkyl halides is 1. The molecule has 0 aliphatic heterocycles. The number of hydrogen-bond acceptors (Lipinski definition) is 0. The lowest BCUT2D eigenvalue weighted by atomic mass is 10.0. The summed E-state index contributed by atoms with van der Waals surface area (Å²) in [5.41, 5.74) is 0. The smallest absolute Gasteiger partial charge is 0.0174 e. The summed E-state index contributed by atoms with van der Waals surface area (Å²) in [6.45, 7) is 2.27. The van der Waals surface area contributed by atoms with Gasteiger partial charge >= 0.3 is 0 Å². The van der Waals surface area contributed by atoms with Gasteiger partial charge in [-0.1, -0.05) is 42.1 Å². The van der Waals surface area contributed by atoms with Crippen molar-refractivity contribution in [3.05, 3.63) is 0 Å². The Hall–Kier alpha value is 0.480. The average Bonchev–Trinajstić information content (AvgIpc) is 2.38. The standard InChI is InChI=1S/C9H17Br/c1-2-5-9(10)8-6-3-4-7-8/h8-9H,2-7H2,1H3. The van der Waals surface area contributed by atoms with E-state index in [0.29, 0.717) is 0 Å². The second kappa shape index (κ2) is 4.38. The minimum atomic E-state index is 0.819. The average molecular weight is 205 g/mol. The highest BCUT2D eigenvalue weighted by Gasteiger charge is 2.21. The highest BCUT2D eigenvalue weighted by molar-refractivity contribution is 9.09. The second-order valence-electron chi connectivity index (χ2n) is 3.35. The van der Waals surface area contributed by atoms with Crippen LogP contribution in [0.2, 0.25) is 0 Å². The van der Waals surface area contributed by atoms with Gasteiger partial charge in [-0.15, -0.1) is 0 Å². The number of halogens is 1. The van der Waals surface area contributed by atoms with Gasteiger partial charge in [0.2, 0.25) is 0 Å². The first-order chi connectivity index (χ1) is 4.84. The lowest BCUT2D eigenvalue weighted by Gasteiger charge is -2.15. The van der Waals surface area contributed by atoms with Gasteiger partial charge in [-0.25, -0.2) is 0 Å². The maximum absolute atomic E-state index is 3.76. The monoisotopic (exact) mass is 204 g/mol. The molecule has 60 valence electrons. The van der Waals surface area contributed by atoms with E-state index in [-0.39, 0.29) is 0 Å². The third-order valence-corrected chi connectivity index (χ3v) is 3.68. The van der Waals surface area contributed by atoms with Crippen molar-refractivity contribution in [1.29, 1.82) is 0 Å². The summed E-state index contributed by atoms with van der Waals surface area (Å²) in [5.74, 6) is 1.000. The van der Waals surface area contributed by atoms with Crippen molar-refractivity contribution in [1.82, 2.24) is 0 Å². The zero-order valence-electron chi connectivity index (χ0n) is 6.78. The van der Waals surface area contributed by atoms with Gasteiger partial charge in [0.15, 0.2) is 0 Å². The molecule has 1 heteroatoms. The van der Waals surface area contributed by atoms with Crippen molar-refractivity contribution in [2.75, 3.05) is 0 Å². The van der Waals surface area contributed by atoms with E-state index in [1.807, 2.05) is 0 Å². The van der Waals surface area contributed by atoms with Crippen molar-refractivity contribution in [3.8, 4) is 0 Å². The molecule has 0 radical (unpaired) electrons. The highest BCUT2D eigenvalue weighted by atomic mass is 79.9. The van der Waals surface area contributed by atoms with Crippen LogP contribution in [0.4, 0.5) is 0 Å². The molecule has 1 saturated carbocycles. The molecule has 0 aromatic heterocycles. The van der Waals surface area contributed by atoms with Crippen LogP contribution in [-0.4, -0.2) is 4.83 Å². The fraction of sp³-hybridized carbons (Fsp3) is 1.00. The zero-order valence-corrected chi connectivity index (χ0v) is 8.36. The molecule has 1 fully saturated rings. The van der Waals surface area contributed by atoms with Crippen LogP contribution in [0.3, 0.4) is 0 Å². The second-order valence-corrected chi connectivity index (χ2v) is 4.53. The lowest BCUT2D eigenvalue weighted by Crippen LogP contribution is -2.09. The van der Waals surface area contributed by atoms with Gasteiger partial charge in [0.05, 0.1) is 0 Å². The van der Waals surface area contributed by atoms with Crippen molar-refractivity contribution in [2.45, 2.75) is 50.3 Å². The molecule has 1 atom stereocenters. The van der Waals surface area contributed by atoms with Crippen LogP contribution in [0.25, 0.3) is 0 Å². The van der Waals surface area contributed by atoms with E-state index in [0.717, 1.165) is 10.7 Å². The van der Waals surface area contributed by atoms with Crippen molar-refractivity contribution < 1.29 is 0 Å². The Balaban J connectivity index is 2.18. The summed E-state index contributed by atoms with van der Waals surface area (Å²) in [4.78, 5) is 0.819. The first-order valence-corrected chi connectivity index (χ1v) is 5.40. The number of rotatable bonds is 3. The van der Waals surface area contributed by atoms with Crippen molar-refractivity contribution in [3.63, 3.8) is 0 Å². The third-order valence-electron chi connectivity index (χ3n) is 2.48. The Morgan fingerprint density at radius 1 is 1.40 bits per heavy atom. The quantitative estimate of drug-likeness (QED) is 0.615. The number of hydrogen-bond donors (Lipinski definition) is 0. The Labute approximate surface area is 72.5 Å². The summed E-state index contributed by atoms with van der Waals surface area (Å²) < 4.78 is 0. The first kappa shape index (κ1) is 8.58. The van der Waals surface area contributed by atoms with Gasteiger partial charge in [0.1, 0.15) is 0 Å². The van der Waals surface area contributed by atoms with Crippen LogP contribution >= 0.6 is 15.9 Å². The first-order valence-electron chi connectivity index (χ1n) is 4.48. The Morgan fingerprint density at radius 2 is 2.00 bits per heavy atom. The molecular weight excluding hydrogens is 188 g/mol. The predicted molar refractivity (Wildman–Crippen MR) is 49.6 cm³/mol. The molecule has 10 heavy (non-hydrogen) atoms. The van der Waals surface area contributed by atoms with Gasteiger partial charge < -0.3 is 0 Å². The molecule has 1 aliphatic carbocycles. The summed E-state index contributed by atoms with van der Waals surface area (Å²) in [6, 6.07) is 0. The van der Waals surface area contributed by atoms with Crippen LogP contribution in [0.15, 0.2) is 0 Å². The lowest BCUT2D eigenvalue weighted by molar-refractivity contribution is 0.502. The van der Waals surface area contributed by atoms with Crippen molar-refractivity contribution in [2.24, 2.45) is 5.92 Å². The topological polar surface area (TPSA) is 0 Å². The minimum Gasteiger partial charge on any atom is -0.0888 e. The molecule has 0 nitrogen and oxygen atoms in total. The molecule has 0 aromatic carbocycles. The van der Waals surface area contributed by atoms with E-state index in [4.69, 9.17) is 0 Å². The van der Waals surface area contributed by atoms with Crippen LogP contribution in [0.1, 0.15) is 45.4 Å². The van der Waals surface area contributed by atoms with Crippen LogP contribution in [-0.2, 0) is 0 Å². The van der Waals surface area contributed by atoms with E-state index in [1.165, 1.54) is 38.5 Å². The fourth-order valence-corrected chi connectivity index (χ4v) is 2.82. The largest absolute Gasteiger partial charge is 0.0888 e. The van der Waals surface area contributed by atoms with Crippen LogP contribution < -0.4 is 0 Å². The van der Waals surface area contributed by atoms with Crippen LogP contribution in [0.5, 0.6) is 0 Å². The molecule has 0 heterocycles. The third kappa shape index (κ3) is 2.26. The zero-order chi connectivity index (χ0) is 7.40. The highest BCUT2D eigenvalue weighted by Crippen LogP contribution is 2.33. The van der Waals surface area contributed by atoms with Gasteiger partial charge in [-0.05, 0) is 25.2 Å². The SMILES string of the molecule is CCCC(Br)C1CCCC1. The molecular formula is C9H17Br. The molecule has 0 saturated heterocycles. The van der Waals surface area contributed by atoms with E-state index in [2.05, 4.69) is 22.9 Å². The molecule has 1 aliphatic rings. The Kier molecular flexibility index (Phi) is 3.75. The van der Waals surface area contributed by atoms with Crippen molar-refractivity contribution >= 4 is 15.9 Å². The van der Waals surface area contributed by atoms with Crippen LogP contribution in [0, 0.1) is 5.92 Å². The molecule has 1 unspecified atom stereocenters. The molecule has 0 amide bonds. The summed E-state index contributed by atoms with van der Waals surface area (Å²) in [5, 5.41) is 0.